The highest BCUT2D eigenvalue weighted by molar-refractivity contribution is 6.05. The van der Waals surface area contributed by atoms with Gasteiger partial charge in [-0.25, -0.2) is 0 Å². The van der Waals surface area contributed by atoms with E-state index < -0.39 is 0 Å². The summed E-state index contributed by atoms with van der Waals surface area (Å²) in [5.74, 6) is 1.16. The third-order valence-electron chi connectivity index (χ3n) is 4.95. The van der Waals surface area contributed by atoms with Gasteiger partial charge < -0.3 is 19.5 Å². The molecule has 1 N–H and O–H groups in total. The summed E-state index contributed by atoms with van der Waals surface area (Å²) in [7, 11) is 0. The van der Waals surface area contributed by atoms with E-state index in [9.17, 15) is 4.79 Å². The number of amides is 1. The van der Waals surface area contributed by atoms with Crippen molar-refractivity contribution in [2.75, 3.05) is 18.5 Å². The van der Waals surface area contributed by atoms with Gasteiger partial charge in [0.2, 0.25) is 0 Å². The van der Waals surface area contributed by atoms with Crippen molar-refractivity contribution in [3.63, 3.8) is 0 Å². The first-order valence-electron chi connectivity index (χ1n) is 10.2. The van der Waals surface area contributed by atoms with E-state index >= 15 is 0 Å². The molecule has 1 heterocycles. The number of para-hydroxylation sites is 2. The summed E-state index contributed by atoms with van der Waals surface area (Å²) >= 11 is 0. The molecule has 5 heteroatoms. The molecule has 3 aromatic carbocycles. The van der Waals surface area contributed by atoms with Crippen molar-refractivity contribution in [3.05, 3.63) is 90.0 Å². The van der Waals surface area contributed by atoms with Gasteiger partial charge in [-0.05, 0) is 54.8 Å². The largest absolute Gasteiger partial charge is 0.491 e. The lowest BCUT2D eigenvalue weighted by Gasteiger charge is -2.13. The molecule has 30 heavy (non-hydrogen) atoms. The van der Waals surface area contributed by atoms with E-state index in [4.69, 9.17) is 14.2 Å². The van der Waals surface area contributed by atoms with Gasteiger partial charge in [-0.1, -0.05) is 42.5 Å². The highest BCUT2D eigenvalue weighted by atomic mass is 16.5. The fourth-order valence-corrected chi connectivity index (χ4v) is 3.29. The van der Waals surface area contributed by atoms with Crippen molar-refractivity contribution in [1.29, 1.82) is 0 Å². The standard InChI is InChI=1S/C25H25NO4/c27-25(20-12-14-21(15-13-20)29-18-22-9-6-16-28-22)26-23-10-4-5-11-24(23)30-17-19-7-2-1-3-8-19/h1-5,7-8,10-15,22H,6,9,16-18H2,(H,26,27). The Kier molecular flexibility index (Phi) is 6.62. The Balaban J connectivity index is 1.35. The van der Waals surface area contributed by atoms with Crippen molar-refractivity contribution in [2.45, 2.75) is 25.6 Å². The number of ether oxygens (including phenoxy) is 3. The molecule has 154 valence electrons. The Morgan fingerprint density at radius 3 is 2.47 bits per heavy atom. The molecular weight excluding hydrogens is 378 g/mol. The van der Waals surface area contributed by atoms with Crippen molar-refractivity contribution in [3.8, 4) is 11.5 Å². The number of nitrogens with one attached hydrogen (secondary N) is 1. The molecule has 1 fully saturated rings. The zero-order valence-corrected chi connectivity index (χ0v) is 16.8. The predicted octanol–water partition coefficient (Wildman–Crippen LogP) is 5.08. The average Bonchev–Trinajstić information content (AvgIpc) is 3.32. The zero-order valence-electron chi connectivity index (χ0n) is 16.8. The SMILES string of the molecule is O=C(Nc1ccccc1OCc1ccccc1)c1ccc(OCC2CCCO2)cc1. The van der Waals surface area contributed by atoms with Crippen LogP contribution < -0.4 is 14.8 Å². The number of rotatable bonds is 8. The van der Waals surface area contributed by atoms with Crippen LogP contribution in [0.5, 0.6) is 11.5 Å². The van der Waals surface area contributed by atoms with Gasteiger partial charge in [-0.15, -0.1) is 0 Å². The molecule has 0 bridgehead atoms. The Labute approximate surface area is 176 Å². The van der Waals surface area contributed by atoms with E-state index in [1.807, 2.05) is 66.7 Å². The maximum Gasteiger partial charge on any atom is 0.255 e. The van der Waals surface area contributed by atoms with Crippen LogP contribution in [0.3, 0.4) is 0 Å². The third kappa shape index (κ3) is 5.39. The second-order valence-corrected chi connectivity index (χ2v) is 7.19. The fourth-order valence-electron chi connectivity index (χ4n) is 3.29. The maximum absolute atomic E-state index is 12.7. The zero-order chi connectivity index (χ0) is 20.6. The highest BCUT2D eigenvalue weighted by Gasteiger charge is 2.16. The molecule has 1 unspecified atom stereocenters. The van der Waals surface area contributed by atoms with Gasteiger partial charge in [0, 0.05) is 12.2 Å². The van der Waals surface area contributed by atoms with Crippen molar-refractivity contribution >= 4 is 11.6 Å². The number of benzene rings is 3. The van der Waals surface area contributed by atoms with Crippen molar-refractivity contribution in [1.82, 2.24) is 0 Å². The lowest BCUT2D eigenvalue weighted by molar-refractivity contribution is 0.0679. The Morgan fingerprint density at radius 2 is 1.70 bits per heavy atom. The number of anilines is 1. The van der Waals surface area contributed by atoms with Gasteiger partial charge in [0.25, 0.3) is 5.91 Å². The van der Waals surface area contributed by atoms with Crippen LogP contribution in [0.1, 0.15) is 28.8 Å². The van der Waals surface area contributed by atoms with Crippen LogP contribution in [-0.2, 0) is 11.3 Å². The van der Waals surface area contributed by atoms with Crippen LogP contribution in [0.15, 0.2) is 78.9 Å². The van der Waals surface area contributed by atoms with E-state index in [0.29, 0.717) is 30.2 Å². The number of carbonyl (C=O) groups is 1. The second-order valence-electron chi connectivity index (χ2n) is 7.19. The van der Waals surface area contributed by atoms with E-state index in [-0.39, 0.29) is 12.0 Å². The molecule has 3 aromatic rings. The molecule has 1 aliphatic heterocycles. The lowest BCUT2D eigenvalue weighted by Crippen LogP contribution is -2.16. The van der Waals surface area contributed by atoms with Crippen LogP contribution in [0, 0.1) is 0 Å². The van der Waals surface area contributed by atoms with Crippen molar-refractivity contribution in [2.24, 2.45) is 0 Å². The minimum Gasteiger partial charge on any atom is -0.491 e. The van der Waals surface area contributed by atoms with E-state index in [0.717, 1.165) is 30.8 Å². The molecule has 1 amide bonds. The van der Waals surface area contributed by atoms with Gasteiger partial charge in [0.15, 0.2) is 0 Å². The van der Waals surface area contributed by atoms with E-state index in [1.54, 1.807) is 12.1 Å². The summed E-state index contributed by atoms with van der Waals surface area (Å²) in [6.45, 7) is 1.78. The number of hydrogen-bond acceptors (Lipinski definition) is 4. The topological polar surface area (TPSA) is 56.8 Å². The van der Waals surface area contributed by atoms with Gasteiger partial charge in [-0.3, -0.25) is 4.79 Å². The number of carbonyl (C=O) groups excluding carboxylic acids is 1. The Hall–Kier alpha value is -3.31. The highest BCUT2D eigenvalue weighted by Crippen LogP contribution is 2.26. The lowest BCUT2D eigenvalue weighted by atomic mass is 10.2. The number of hydrogen-bond donors (Lipinski definition) is 1. The molecule has 5 nitrogen and oxygen atoms in total. The molecule has 1 aliphatic rings. The monoisotopic (exact) mass is 403 g/mol. The summed E-state index contributed by atoms with van der Waals surface area (Å²) < 4.78 is 17.2. The Morgan fingerprint density at radius 1 is 0.933 bits per heavy atom. The van der Waals surface area contributed by atoms with Gasteiger partial charge in [0.1, 0.15) is 24.7 Å². The minimum absolute atomic E-state index is 0.167. The first-order chi connectivity index (χ1) is 14.8. The first kappa shape index (κ1) is 20.0. The minimum atomic E-state index is -0.198. The van der Waals surface area contributed by atoms with Gasteiger partial charge in [0.05, 0.1) is 11.8 Å². The molecule has 4 rings (SSSR count). The smallest absolute Gasteiger partial charge is 0.255 e. The molecule has 0 spiro atoms. The molecular formula is C25H25NO4. The normalized spacial score (nSPS) is 15.5. The summed E-state index contributed by atoms with van der Waals surface area (Å²) in [4.78, 5) is 12.7. The molecule has 0 aliphatic carbocycles. The van der Waals surface area contributed by atoms with Crippen LogP contribution in [0.25, 0.3) is 0 Å². The predicted molar refractivity (Wildman–Crippen MR) is 116 cm³/mol. The maximum atomic E-state index is 12.7. The second kappa shape index (κ2) is 9.94. The Bertz CT molecular complexity index is 950. The van der Waals surface area contributed by atoms with Crippen LogP contribution >= 0.6 is 0 Å². The molecule has 1 saturated heterocycles. The summed E-state index contributed by atoms with van der Waals surface area (Å²) in [6, 6.07) is 24.5. The summed E-state index contributed by atoms with van der Waals surface area (Å²) in [5, 5.41) is 2.93. The van der Waals surface area contributed by atoms with E-state index in [2.05, 4.69) is 5.32 Å². The molecule has 1 atom stereocenters. The third-order valence-corrected chi connectivity index (χ3v) is 4.95. The molecule has 0 saturated carbocycles. The van der Waals surface area contributed by atoms with E-state index in [1.165, 1.54) is 0 Å². The van der Waals surface area contributed by atoms with Gasteiger partial charge in [-0.2, -0.15) is 0 Å². The molecule has 0 aromatic heterocycles. The van der Waals surface area contributed by atoms with Gasteiger partial charge >= 0.3 is 0 Å². The summed E-state index contributed by atoms with van der Waals surface area (Å²) in [5.41, 5.74) is 2.26. The summed E-state index contributed by atoms with van der Waals surface area (Å²) in [6.07, 6.45) is 2.29. The molecule has 0 radical (unpaired) electrons. The quantitative estimate of drug-likeness (QED) is 0.570. The first-order valence-corrected chi connectivity index (χ1v) is 10.2. The van der Waals surface area contributed by atoms with Crippen LogP contribution in [-0.4, -0.2) is 25.2 Å². The van der Waals surface area contributed by atoms with Crippen LogP contribution in [0.2, 0.25) is 0 Å². The fraction of sp³-hybridized carbons (Fsp3) is 0.240. The van der Waals surface area contributed by atoms with Crippen molar-refractivity contribution < 1.29 is 19.0 Å². The average molecular weight is 403 g/mol. The van der Waals surface area contributed by atoms with Crippen LogP contribution in [0.4, 0.5) is 5.69 Å².